The summed E-state index contributed by atoms with van der Waals surface area (Å²) < 4.78 is 17.4. The van der Waals surface area contributed by atoms with Crippen molar-refractivity contribution in [2.45, 2.75) is 56.5 Å². The number of benzene rings is 1. The zero-order valence-corrected chi connectivity index (χ0v) is 15.2. The Balaban J connectivity index is 1.66. The predicted octanol–water partition coefficient (Wildman–Crippen LogP) is 1.83. The van der Waals surface area contributed by atoms with E-state index in [1.54, 1.807) is 14.0 Å². The Hall–Kier alpha value is -2.05. The van der Waals surface area contributed by atoms with Gasteiger partial charge in [-0.3, -0.25) is 4.79 Å². The molecule has 0 fully saturated rings. The van der Waals surface area contributed by atoms with Crippen molar-refractivity contribution in [3.05, 3.63) is 35.4 Å². The SMILES string of the molecule is COc1ccc2c3c1O[C@H]1C[C@@H](OC(=O)CC(C)O)C=C[C@@]31CCNC2. The number of aliphatic hydroxyl groups excluding tert-OH is 1. The van der Waals surface area contributed by atoms with Gasteiger partial charge in [-0.1, -0.05) is 12.1 Å². The van der Waals surface area contributed by atoms with Gasteiger partial charge in [0.25, 0.3) is 0 Å². The van der Waals surface area contributed by atoms with E-state index in [1.165, 1.54) is 11.1 Å². The molecular formula is C20H25NO5. The zero-order valence-electron chi connectivity index (χ0n) is 15.2. The first-order chi connectivity index (χ1) is 12.5. The molecule has 1 aromatic rings. The fraction of sp³-hybridized carbons (Fsp3) is 0.550. The van der Waals surface area contributed by atoms with Gasteiger partial charge in [0.1, 0.15) is 12.2 Å². The van der Waals surface area contributed by atoms with E-state index in [9.17, 15) is 9.90 Å². The molecule has 2 heterocycles. The predicted molar refractivity (Wildman–Crippen MR) is 95.3 cm³/mol. The van der Waals surface area contributed by atoms with E-state index in [2.05, 4.69) is 17.5 Å². The van der Waals surface area contributed by atoms with E-state index >= 15 is 0 Å². The maximum atomic E-state index is 11.9. The number of ether oxygens (including phenoxy) is 3. The standard InChI is InChI=1S/C20H25NO5/c1-12(22)9-17(23)25-14-5-6-20-7-8-21-11-13-3-4-15(24-2)19(18(13)20)26-16(20)10-14/h3-6,12,14,16,21-22H,7-11H2,1-2H3/t12?,14-,16-,20-/m0/s1. The first kappa shape index (κ1) is 17.4. The summed E-state index contributed by atoms with van der Waals surface area (Å²) in [5.74, 6) is 1.18. The van der Waals surface area contributed by atoms with Crippen molar-refractivity contribution in [2.24, 2.45) is 0 Å². The number of aliphatic hydroxyl groups is 1. The van der Waals surface area contributed by atoms with Crippen molar-refractivity contribution >= 4 is 5.97 Å². The van der Waals surface area contributed by atoms with Crippen LogP contribution >= 0.6 is 0 Å². The molecule has 2 aliphatic heterocycles. The van der Waals surface area contributed by atoms with Gasteiger partial charge < -0.3 is 24.6 Å². The number of hydrogen-bond acceptors (Lipinski definition) is 6. The van der Waals surface area contributed by atoms with E-state index in [4.69, 9.17) is 14.2 Å². The van der Waals surface area contributed by atoms with Crippen LogP contribution in [-0.4, -0.2) is 43.0 Å². The van der Waals surface area contributed by atoms with Crippen LogP contribution in [0.2, 0.25) is 0 Å². The number of hydrogen-bond donors (Lipinski definition) is 2. The second kappa shape index (κ2) is 6.59. The Morgan fingerprint density at radius 2 is 2.35 bits per heavy atom. The average molecular weight is 359 g/mol. The Labute approximate surface area is 153 Å². The lowest BCUT2D eigenvalue weighted by Gasteiger charge is -2.36. The fourth-order valence-corrected chi connectivity index (χ4v) is 4.40. The summed E-state index contributed by atoms with van der Waals surface area (Å²) in [6.07, 6.45) is 4.52. The normalized spacial score (nSPS) is 29.8. The topological polar surface area (TPSA) is 77.0 Å². The number of nitrogens with one attached hydrogen (secondary N) is 1. The van der Waals surface area contributed by atoms with Crippen LogP contribution in [0, 0.1) is 0 Å². The van der Waals surface area contributed by atoms with Gasteiger partial charge in [-0.2, -0.15) is 0 Å². The Kier molecular flexibility index (Phi) is 4.40. The van der Waals surface area contributed by atoms with Gasteiger partial charge in [-0.05, 0) is 37.6 Å². The molecule has 3 aliphatic rings. The molecule has 0 saturated heterocycles. The van der Waals surface area contributed by atoms with Crippen molar-refractivity contribution in [1.29, 1.82) is 0 Å². The van der Waals surface area contributed by atoms with Crippen molar-refractivity contribution in [3.63, 3.8) is 0 Å². The van der Waals surface area contributed by atoms with Crippen LogP contribution < -0.4 is 14.8 Å². The molecule has 1 spiro atoms. The smallest absolute Gasteiger partial charge is 0.308 e. The maximum Gasteiger partial charge on any atom is 0.308 e. The van der Waals surface area contributed by atoms with Crippen LogP contribution in [0.25, 0.3) is 0 Å². The highest BCUT2D eigenvalue weighted by Crippen LogP contribution is 2.55. The van der Waals surface area contributed by atoms with Crippen molar-refractivity contribution in [2.75, 3.05) is 13.7 Å². The second-order valence-corrected chi connectivity index (χ2v) is 7.38. The van der Waals surface area contributed by atoms with Gasteiger partial charge in [-0.15, -0.1) is 0 Å². The molecule has 2 N–H and O–H groups in total. The van der Waals surface area contributed by atoms with E-state index in [-0.39, 0.29) is 30.0 Å². The minimum atomic E-state index is -0.701. The molecule has 140 valence electrons. The third-order valence-corrected chi connectivity index (χ3v) is 5.56. The van der Waals surface area contributed by atoms with Gasteiger partial charge in [0.15, 0.2) is 11.5 Å². The quantitative estimate of drug-likeness (QED) is 0.631. The Morgan fingerprint density at radius 3 is 3.12 bits per heavy atom. The summed E-state index contributed by atoms with van der Waals surface area (Å²) in [6, 6.07) is 4.06. The lowest BCUT2D eigenvalue weighted by Crippen LogP contribution is -2.43. The molecular weight excluding hydrogens is 334 g/mol. The zero-order chi connectivity index (χ0) is 18.3. The molecule has 4 rings (SSSR count). The minimum absolute atomic E-state index is 0.00310. The molecule has 0 radical (unpaired) electrons. The van der Waals surface area contributed by atoms with Gasteiger partial charge in [0, 0.05) is 18.5 Å². The monoisotopic (exact) mass is 359 g/mol. The maximum absolute atomic E-state index is 11.9. The highest BCUT2D eigenvalue weighted by molar-refractivity contribution is 5.70. The summed E-state index contributed by atoms with van der Waals surface area (Å²) >= 11 is 0. The van der Waals surface area contributed by atoms with Gasteiger partial charge in [-0.25, -0.2) is 0 Å². The van der Waals surface area contributed by atoms with Crippen LogP contribution in [0.5, 0.6) is 11.5 Å². The number of methoxy groups -OCH3 is 1. The van der Waals surface area contributed by atoms with Crippen LogP contribution in [0.1, 0.15) is 37.3 Å². The lowest BCUT2D eigenvalue weighted by atomic mass is 9.69. The second-order valence-electron chi connectivity index (χ2n) is 7.38. The van der Waals surface area contributed by atoms with E-state index in [1.807, 2.05) is 12.1 Å². The Morgan fingerprint density at radius 1 is 1.50 bits per heavy atom. The Bertz CT molecular complexity index is 744. The third-order valence-electron chi connectivity index (χ3n) is 5.56. The summed E-state index contributed by atoms with van der Waals surface area (Å²) in [5.41, 5.74) is 2.22. The molecule has 0 bridgehead atoms. The van der Waals surface area contributed by atoms with E-state index in [0.717, 1.165) is 31.0 Å². The molecule has 1 aromatic carbocycles. The number of carbonyl (C=O) groups is 1. The van der Waals surface area contributed by atoms with E-state index < -0.39 is 6.10 Å². The molecule has 0 aromatic heterocycles. The van der Waals surface area contributed by atoms with Crippen molar-refractivity contribution < 1.29 is 24.1 Å². The molecule has 1 unspecified atom stereocenters. The highest BCUT2D eigenvalue weighted by atomic mass is 16.6. The molecule has 26 heavy (non-hydrogen) atoms. The van der Waals surface area contributed by atoms with Crippen LogP contribution in [-0.2, 0) is 21.5 Å². The van der Waals surface area contributed by atoms with Crippen LogP contribution in [0.3, 0.4) is 0 Å². The summed E-state index contributed by atoms with van der Waals surface area (Å²) in [4.78, 5) is 11.9. The van der Waals surface area contributed by atoms with Crippen molar-refractivity contribution in [1.82, 2.24) is 5.32 Å². The lowest BCUT2D eigenvalue weighted by molar-refractivity contribution is -0.150. The van der Waals surface area contributed by atoms with Crippen LogP contribution in [0.15, 0.2) is 24.3 Å². The summed E-state index contributed by atoms with van der Waals surface area (Å²) in [7, 11) is 1.65. The highest BCUT2D eigenvalue weighted by Gasteiger charge is 2.52. The average Bonchev–Trinajstić information content (AvgIpc) is 2.81. The molecule has 0 amide bonds. The minimum Gasteiger partial charge on any atom is -0.493 e. The van der Waals surface area contributed by atoms with Gasteiger partial charge >= 0.3 is 5.97 Å². The molecule has 4 atom stereocenters. The molecule has 6 nitrogen and oxygen atoms in total. The first-order valence-electron chi connectivity index (χ1n) is 9.18. The number of carbonyl (C=O) groups excluding carboxylic acids is 1. The van der Waals surface area contributed by atoms with Crippen molar-refractivity contribution in [3.8, 4) is 11.5 Å². The fourth-order valence-electron chi connectivity index (χ4n) is 4.40. The van der Waals surface area contributed by atoms with Crippen LogP contribution in [0.4, 0.5) is 0 Å². The summed E-state index contributed by atoms with van der Waals surface area (Å²) in [5, 5.41) is 12.8. The van der Waals surface area contributed by atoms with Gasteiger partial charge in [0.05, 0.1) is 25.0 Å². The largest absolute Gasteiger partial charge is 0.493 e. The van der Waals surface area contributed by atoms with E-state index in [0.29, 0.717) is 6.42 Å². The molecule has 1 aliphatic carbocycles. The first-order valence-corrected chi connectivity index (χ1v) is 9.18. The number of esters is 1. The molecule has 6 heteroatoms. The summed E-state index contributed by atoms with van der Waals surface area (Å²) in [6.45, 7) is 3.29. The number of rotatable bonds is 4. The van der Waals surface area contributed by atoms with Gasteiger partial charge in [0.2, 0.25) is 0 Å². The third kappa shape index (κ3) is 2.77. The molecule has 0 saturated carbocycles.